The van der Waals surface area contributed by atoms with E-state index in [1.807, 2.05) is 25.8 Å². The first-order valence-electron chi connectivity index (χ1n) is 6.15. The van der Waals surface area contributed by atoms with Crippen LogP contribution in [0.2, 0.25) is 0 Å². The summed E-state index contributed by atoms with van der Waals surface area (Å²) < 4.78 is 13.7. The molecule has 0 heterocycles. The third-order valence-corrected chi connectivity index (χ3v) is 3.42. The van der Waals surface area contributed by atoms with E-state index in [-0.39, 0.29) is 24.3 Å². The highest BCUT2D eigenvalue weighted by Crippen LogP contribution is 2.25. The lowest BCUT2D eigenvalue weighted by atomic mass is 10.0. The van der Waals surface area contributed by atoms with Gasteiger partial charge in [-0.2, -0.15) is 0 Å². The summed E-state index contributed by atoms with van der Waals surface area (Å²) in [5.74, 6) is -1.07. The number of carboxylic acids is 1. The smallest absolute Gasteiger partial charge is 0.304 e. The number of hydrogen-bond donors (Lipinski definition) is 1. The number of aliphatic carboxylic acids is 1. The molecule has 0 bridgehead atoms. The van der Waals surface area contributed by atoms with E-state index in [9.17, 15) is 9.18 Å². The average Bonchev–Trinajstić information content (AvgIpc) is 2.34. The molecule has 2 unspecified atom stereocenters. The Morgan fingerprint density at radius 1 is 1.44 bits per heavy atom. The molecule has 0 aliphatic heterocycles. The fourth-order valence-corrected chi connectivity index (χ4v) is 2.13. The molecule has 0 saturated carbocycles. The molecule has 0 amide bonds. The Bertz CT molecular complexity index is 409. The minimum atomic E-state index is -0.825. The maximum Gasteiger partial charge on any atom is 0.304 e. The number of benzene rings is 1. The molecule has 0 saturated heterocycles. The Balaban J connectivity index is 2.85. The predicted molar refractivity (Wildman–Crippen MR) is 68.9 cm³/mol. The molecule has 2 atom stereocenters. The van der Waals surface area contributed by atoms with Gasteiger partial charge in [-0.25, -0.2) is 4.39 Å². The van der Waals surface area contributed by atoms with Crippen molar-refractivity contribution < 1.29 is 14.3 Å². The van der Waals surface area contributed by atoms with Crippen LogP contribution in [0.25, 0.3) is 0 Å². The van der Waals surface area contributed by atoms with Gasteiger partial charge >= 0.3 is 5.97 Å². The van der Waals surface area contributed by atoms with E-state index in [0.29, 0.717) is 5.56 Å². The van der Waals surface area contributed by atoms with Crippen LogP contribution in [0.4, 0.5) is 4.39 Å². The van der Waals surface area contributed by atoms with E-state index >= 15 is 0 Å². The Morgan fingerprint density at radius 3 is 2.56 bits per heavy atom. The number of rotatable bonds is 6. The van der Waals surface area contributed by atoms with E-state index in [1.165, 1.54) is 6.07 Å². The van der Waals surface area contributed by atoms with Crippen molar-refractivity contribution in [2.24, 2.45) is 0 Å². The first-order valence-corrected chi connectivity index (χ1v) is 6.15. The number of nitrogens with zero attached hydrogens (tertiary/aromatic N) is 1. The Kier molecular flexibility index (Phi) is 5.28. The highest BCUT2D eigenvalue weighted by Gasteiger charge is 2.23. The largest absolute Gasteiger partial charge is 0.481 e. The highest BCUT2D eigenvalue weighted by atomic mass is 19.1. The lowest BCUT2D eigenvalue weighted by Crippen LogP contribution is -2.35. The minimum Gasteiger partial charge on any atom is -0.481 e. The van der Waals surface area contributed by atoms with Gasteiger partial charge in [-0.15, -0.1) is 0 Å². The maximum absolute atomic E-state index is 13.7. The summed E-state index contributed by atoms with van der Waals surface area (Å²) in [4.78, 5) is 12.7. The van der Waals surface area contributed by atoms with E-state index < -0.39 is 5.97 Å². The van der Waals surface area contributed by atoms with E-state index in [1.54, 1.807) is 18.2 Å². The topological polar surface area (TPSA) is 40.5 Å². The summed E-state index contributed by atoms with van der Waals surface area (Å²) in [5.41, 5.74) is 0.601. The molecular formula is C14H20FNO2. The third-order valence-electron chi connectivity index (χ3n) is 3.42. The second-order valence-electron chi connectivity index (χ2n) is 4.52. The molecule has 1 aromatic carbocycles. The third kappa shape index (κ3) is 3.53. The van der Waals surface area contributed by atoms with Crippen molar-refractivity contribution in [3.63, 3.8) is 0 Å². The summed E-state index contributed by atoms with van der Waals surface area (Å²) in [5, 5.41) is 8.87. The first kappa shape index (κ1) is 14.6. The van der Waals surface area contributed by atoms with Gasteiger partial charge in [0.25, 0.3) is 0 Å². The van der Waals surface area contributed by atoms with E-state index in [0.717, 1.165) is 6.42 Å². The average molecular weight is 253 g/mol. The molecule has 0 aliphatic carbocycles. The second-order valence-corrected chi connectivity index (χ2v) is 4.52. The quantitative estimate of drug-likeness (QED) is 0.847. The molecule has 0 radical (unpaired) electrons. The van der Waals surface area contributed by atoms with Gasteiger partial charge in [0.1, 0.15) is 5.82 Å². The molecule has 0 aromatic heterocycles. The van der Waals surface area contributed by atoms with Crippen molar-refractivity contribution in [1.29, 1.82) is 0 Å². The number of hydrogen-bond acceptors (Lipinski definition) is 2. The lowest BCUT2D eigenvalue weighted by Gasteiger charge is -2.32. The monoisotopic (exact) mass is 253 g/mol. The Hall–Kier alpha value is -1.42. The van der Waals surface area contributed by atoms with Gasteiger partial charge in [0.05, 0.1) is 6.42 Å². The SMILES string of the molecule is CCC(CC(=O)O)N(C)C(C)c1ccccc1F. The van der Waals surface area contributed by atoms with Crippen LogP contribution in [0.3, 0.4) is 0 Å². The van der Waals surface area contributed by atoms with Crippen molar-refractivity contribution in [2.75, 3.05) is 7.05 Å². The van der Waals surface area contributed by atoms with Crippen molar-refractivity contribution in [3.05, 3.63) is 35.6 Å². The minimum absolute atomic E-state index is 0.0752. The highest BCUT2D eigenvalue weighted by molar-refractivity contribution is 5.67. The van der Waals surface area contributed by atoms with Crippen LogP contribution in [0.15, 0.2) is 24.3 Å². The summed E-state index contributed by atoms with van der Waals surface area (Å²) in [7, 11) is 1.84. The van der Waals surface area contributed by atoms with Crippen LogP contribution in [0.1, 0.15) is 38.3 Å². The van der Waals surface area contributed by atoms with Gasteiger partial charge in [-0.3, -0.25) is 9.69 Å². The van der Waals surface area contributed by atoms with E-state index in [4.69, 9.17) is 5.11 Å². The van der Waals surface area contributed by atoms with Gasteiger partial charge in [-0.05, 0) is 26.5 Å². The normalized spacial score (nSPS) is 14.5. The maximum atomic E-state index is 13.7. The summed E-state index contributed by atoms with van der Waals surface area (Å²) in [6.07, 6.45) is 0.799. The predicted octanol–water partition coefficient (Wildman–Crippen LogP) is 3.07. The van der Waals surface area contributed by atoms with Gasteiger partial charge in [-0.1, -0.05) is 25.1 Å². The van der Waals surface area contributed by atoms with Crippen LogP contribution in [0, 0.1) is 5.82 Å². The lowest BCUT2D eigenvalue weighted by molar-refractivity contribution is -0.138. The molecule has 1 aromatic rings. The zero-order valence-electron chi connectivity index (χ0n) is 11.1. The van der Waals surface area contributed by atoms with Gasteiger partial charge in [0.15, 0.2) is 0 Å². The van der Waals surface area contributed by atoms with Crippen LogP contribution in [-0.4, -0.2) is 29.1 Å². The zero-order valence-corrected chi connectivity index (χ0v) is 11.1. The van der Waals surface area contributed by atoms with Crippen molar-refractivity contribution in [3.8, 4) is 0 Å². The zero-order chi connectivity index (χ0) is 13.7. The van der Waals surface area contributed by atoms with Crippen LogP contribution < -0.4 is 0 Å². The molecular weight excluding hydrogens is 233 g/mol. The fraction of sp³-hybridized carbons (Fsp3) is 0.500. The Morgan fingerprint density at radius 2 is 2.06 bits per heavy atom. The molecule has 18 heavy (non-hydrogen) atoms. The summed E-state index contributed by atoms with van der Waals surface area (Å²) >= 11 is 0. The number of carbonyl (C=O) groups is 1. The molecule has 3 nitrogen and oxygen atoms in total. The standard InChI is InChI=1S/C14H20FNO2/c1-4-11(9-14(17)18)16(3)10(2)12-7-5-6-8-13(12)15/h5-8,10-11H,4,9H2,1-3H3,(H,17,18). The summed E-state index contributed by atoms with van der Waals surface area (Å²) in [6, 6.07) is 6.38. The number of carboxylic acid groups (broad SMARTS) is 1. The second kappa shape index (κ2) is 6.50. The molecule has 1 rings (SSSR count). The van der Waals surface area contributed by atoms with Crippen LogP contribution in [-0.2, 0) is 4.79 Å². The molecule has 0 fully saturated rings. The van der Waals surface area contributed by atoms with Gasteiger partial charge in [0.2, 0.25) is 0 Å². The van der Waals surface area contributed by atoms with Gasteiger partial charge in [0, 0.05) is 17.6 Å². The summed E-state index contributed by atoms with van der Waals surface area (Å²) in [6.45, 7) is 3.83. The van der Waals surface area contributed by atoms with Crippen molar-refractivity contribution >= 4 is 5.97 Å². The molecule has 1 N–H and O–H groups in total. The van der Waals surface area contributed by atoms with Crippen LogP contribution in [0.5, 0.6) is 0 Å². The van der Waals surface area contributed by atoms with Crippen molar-refractivity contribution in [2.45, 2.75) is 38.8 Å². The molecule has 0 aliphatic rings. The van der Waals surface area contributed by atoms with Crippen molar-refractivity contribution in [1.82, 2.24) is 4.90 Å². The van der Waals surface area contributed by atoms with Gasteiger partial charge < -0.3 is 5.11 Å². The molecule has 4 heteroatoms. The first-order chi connectivity index (χ1) is 8.47. The fourth-order valence-electron chi connectivity index (χ4n) is 2.13. The van der Waals surface area contributed by atoms with E-state index in [2.05, 4.69) is 0 Å². The Labute approximate surface area is 107 Å². The molecule has 100 valence electrons. The molecule has 0 spiro atoms. The number of halogens is 1. The van der Waals surface area contributed by atoms with Crippen LogP contribution >= 0.6 is 0 Å².